The molecule has 0 amide bonds. The normalized spacial score (nSPS) is 10.2. The second-order valence-corrected chi connectivity index (χ2v) is 4.60. The molecule has 0 saturated heterocycles. The van der Waals surface area contributed by atoms with Gasteiger partial charge in [0.2, 0.25) is 0 Å². The molecule has 0 unspecified atom stereocenters. The van der Waals surface area contributed by atoms with Gasteiger partial charge in [-0.3, -0.25) is 10.1 Å². The molecule has 5 nitrogen and oxygen atoms in total. The van der Waals surface area contributed by atoms with Crippen LogP contribution >= 0.6 is 22.6 Å². The fourth-order valence-electron chi connectivity index (χ4n) is 1.40. The molecule has 1 aromatic carbocycles. The molecule has 0 aliphatic rings. The predicted octanol–water partition coefficient (Wildman–Crippen LogP) is 3.40. The number of halogens is 1. The molecule has 0 bridgehead atoms. The van der Waals surface area contributed by atoms with Gasteiger partial charge in [-0.2, -0.15) is 0 Å². The third-order valence-corrected chi connectivity index (χ3v) is 2.86. The fraction of sp³-hybridized carbons (Fsp3) is 0.0909. The maximum absolute atomic E-state index is 10.9. The number of nitro groups is 1. The number of nitrogens with zero attached hydrogens (tertiary/aromatic N) is 1. The zero-order valence-electron chi connectivity index (χ0n) is 8.72. The molecule has 0 saturated carbocycles. The Labute approximate surface area is 111 Å². The van der Waals surface area contributed by atoms with E-state index in [2.05, 4.69) is 5.32 Å². The number of hydrogen-bond acceptors (Lipinski definition) is 4. The Morgan fingerprint density at radius 2 is 2.24 bits per heavy atom. The summed E-state index contributed by atoms with van der Waals surface area (Å²) in [6, 6.07) is 8.64. The van der Waals surface area contributed by atoms with Gasteiger partial charge in [0.15, 0.2) is 0 Å². The topological polar surface area (TPSA) is 68.3 Å². The van der Waals surface area contributed by atoms with Gasteiger partial charge in [0.05, 0.1) is 17.7 Å². The molecule has 0 fully saturated rings. The Kier molecular flexibility index (Phi) is 3.62. The summed E-state index contributed by atoms with van der Waals surface area (Å²) in [6.45, 7) is 0.425. The number of nitro benzene ring substituents is 1. The van der Waals surface area contributed by atoms with Crippen molar-refractivity contribution in [1.29, 1.82) is 0 Å². The SMILES string of the molecule is O=[N+]([O-])c1cc(I)ccc1NCc1ccco1. The standard InChI is InChI=1S/C11H9IN2O3/c12-8-3-4-10(11(6-8)14(15)16)13-7-9-2-1-5-17-9/h1-6,13H,7H2. The molecule has 0 radical (unpaired) electrons. The summed E-state index contributed by atoms with van der Waals surface area (Å²) >= 11 is 2.04. The fourth-order valence-corrected chi connectivity index (χ4v) is 1.88. The van der Waals surface area contributed by atoms with Crippen molar-refractivity contribution in [3.8, 4) is 0 Å². The lowest BCUT2D eigenvalue weighted by Crippen LogP contribution is -2.02. The molecule has 1 N–H and O–H groups in total. The molecule has 0 aliphatic heterocycles. The summed E-state index contributed by atoms with van der Waals surface area (Å²) in [5.41, 5.74) is 0.565. The van der Waals surface area contributed by atoms with E-state index in [4.69, 9.17) is 4.42 Å². The maximum Gasteiger partial charge on any atom is 0.293 e. The van der Waals surface area contributed by atoms with Crippen LogP contribution in [0.25, 0.3) is 0 Å². The molecular formula is C11H9IN2O3. The van der Waals surface area contributed by atoms with Crippen LogP contribution in [0.3, 0.4) is 0 Å². The van der Waals surface area contributed by atoms with Gasteiger partial charge in [-0.25, -0.2) is 0 Å². The molecule has 17 heavy (non-hydrogen) atoms. The van der Waals surface area contributed by atoms with Crippen LogP contribution in [0.4, 0.5) is 11.4 Å². The van der Waals surface area contributed by atoms with Crippen molar-refractivity contribution in [2.24, 2.45) is 0 Å². The number of rotatable bonds is 4. The number of anilines is 1. The molecule has 0 aliphatic carbocycles. The number of nitrogens with one attached hydrogen (secondary N) is 1. The minimum atomic E-state index is -0.396. The van der Waals surface area contributed by atoms with Crippen molar-refractivity contribution in [2.75, 3.05) is 5.32 Å². The van der Waals surface area contributed by atoms with Crippen LogP contribution < -0.4 is 5.32 Å². The van der Waals surface area contributed by atoms with Crippen LogP contribution in [0.1, 0.15) is 5.76 Å². The highest BCUT2D eigenvalue weighted by atomic mass is 127. The van der Waals surface area contributed by atoms with E-state index >= 15 is 0 Å². The van der Waals surface area contributed by atoms with Gasteiger partial charge >= 0.3 is 0 Å². The monoisotopic (exact) mass is 344 g/mol. The Bertz CT molecular complexity index is 526. The Morgan fingerprint density at radius 3 is 2.88 bits per heavy atom. The minimum Gasteiger partial charge on any atom is -0.467 e. The molecule has 2 rings (SSSR count). The third-order valence-electron chi connectivity index (χ3n) is 2.19. The lowest BCUT2D eigenvalue weighted by molar-refractivity contribution is -0.384. The number of furan rings is 1. The quantitative estimate of drug-likeness (QED) is 0.524. The van der Waals surface area contributed by atoms with E-state index in [1.54, 1.807) is 18.4 Å². The highest BCUT2D eigenvalue weighted by molar-refractivity contribution is 14.1. The Balaban J connectivity index is 2.17. The van der Waals surface area contributed by atoms with E-state index in [-0.39, 0.29) is 5.69 Å². The molecule has 1 aromatic heterocycles. The Morgan fingerprint density at radius 1 is 1.41 bits per heavy atom. The van der Waals surface area contributed by atoms with Gasteiger partial charge in [0.25, 0.3) is 5.69 Å². The predicted molar refractivity (Wildman–Crippen MR) is 71.8 cm³/mol. The van der Waals surface area contributed by atoms with Crippen molar-refractivity contribution in [1.82, 2.24) is 0 Å². The lowest BCUT2D eigenvalue weighted by Gasteiger charge is -2.05. The van der Waals surface area contributed by atoms with E-state index in [0.29, 0.717) is 12.2 Å². The van der Waals surface area contributed by atoms with Crippen molar-refractivity contribution in [3.63, 3.8) is 0 Å². The van der Waals surface area contributed by atoms with E-state index < -0.39 is 4.92 Å². The summed E-state index contributed by atoms with van der Waals surface area (Å²) in [5, 5.41) is 13.9. The van der Waals surface area contributed by atoms with Crippen LogP contribution in [0, 0.1) is 13.7 Å². The molecular weight excluding hydrogens is 335 g/mol. The summed E-state index contributed by atoms with van der Waals surface area (Å²) in [4.78, 5) is 10.5. The zero-order valence-corrected chi connectivity index (χ0v) is 10.9. The average Bonchev–Trinajstić information content (AvgIpc) is 2.80. The average molecular weight is 344 g/mol. The van der Waals surface area contributed by atoms with Gasteiger partial charge in [-0.05, 0) is 46.9 Å². The molecule has 2 aromatic rings. The van der Waals surface area contributed by atoms with E-state index in [1.807, 2.05) is 34.7 Å². The highest BCUT2D eigenvalue weighted by Gasteiger charge is 2.13. The van der Waals surface area contributed by atoms with Crippen LogP contribution in [-0.4, -0.2) is 4.92 Å². The molecule has 0 atom stereocenters. The van der Waals surface area contributed by atoms with Gasteiger partial charge in [0, 0.05) is 9.64 Å². The van der Waals surface area contributed by atoms with E-state index in [0.717, 1.165) is 9.33 Å². The summed E-state index contributed by atoms with van der Waals surface area (Å²) in [7, 11) is 0. The van der Waals surface area contributed by atoms with Gasteiger partial charge in [0.1, 0.15) is 11.4 Å². The van der Waals surface area contributed by atoms with E-state index in [1.165, 1.54) is 6.07 Å². The maximum atomic E-state index is 10.9. The van der Waals surface area contributed by atoms with Crippen molar-refractivity contribution >= 4 is 34.0 Å². The first-order valence-corrected chi connectivity index (χ1v) is 5.95. The minimum absolute atomic E-state index is 0.0726. The molecule has 88 valence electrons. The molecule has 1 heterocycles. The van der Waals surface area contributed by atoms with Gasteiger partial charge < -0.3 is 9.73 Å². The Hall–Kier alpha value is -1.57. The molecule has 6 heteroatoms. The third kappa shape index (κ3) is 2.96. The van der Waals surface area contributed by atoms with Gasteiger partial charge in [-0.1, -0.05) is 0 Å². The van der Waals surface area contributed by atoms with Crippen LogP contribution in [-0.2, 0) is 6.54 Å². The van der Waals surface area contributed by atoms with Gasteiger partial charge in [-0.15, -0.1) is 0 Å². The molecule has 0 spiro atoms. The van der Waals surface area contributed by atoms with E-state index in [9.17, 15) is 10.1 Å². The summed E-state index contributed by atoms with van der Waals surface area (Å²) in [6.07, 6.45) is 1.57. The number of hydrogen-bond donors (Lipinski definition) is 1. The lowest BCUT2D eigenvalue weighted by atomic mass is 10.2. The first kappa shape index (κ1) is 11.9. The van der Waals surface area contributed by atoms with Crippen LogP contribution in [0.2, 0.25) is 0 Å². The largest absolute Gasteiger partial charge is 0.467 e. The van der Waals surface area contributed by atoms with Crippen LogP contribution in [0.15, 0.2) is 41.0 Å². The summed E-state index contributed by atoms with van der Waals surface area (Å²) in [5.74, 6) is 0.734. The number of benzene rings is 1. The highest BCUT2D eigenvalue weighted by Crippen LogP contribution is 2.26. The van der Waals surface area contributed by atoms with Crippen molar-refractivity contribution in [2.45, 2.75) is 6.54 Å². The van der Waals surface area contributed by atoms with Crippen molar-refractivity contribution < 1.29 is 9.34 Å². The van der Waals surface area contributed by atoms with Crippen molar-refractivity contribution in [3.05, 3.63) is 56.0 Å². The first-order chi connectivity index (χ1) is 8.16. The summed E-state index contributed by atoms with van der Waals surface area (Å²) < 4.78 is 5.98. The second-order valence-electron chi connectivity index (χ2n) is 3.35. The van der Waals surface area contributed by atoms with Crippen LogP contribution in [0.5, 0.6) is 0 Å². The second kappa shape index (κ2) is 5.17. The first-order valence-electron chi connectivity index (χ1n) is 4.87. The smallest absolute Gasteiger partial charge is 0.293 e. The zero-order chi connectivity index (χ0) is 12.3.